The molecule has 0 unspecified atom stereocenters. The number of fused-ring (bicyclic) bond motifs is 1. The van der Waals surface area contributed by atoms with Gasteiger partial charge in [-0.15, -0.1) is 0 Å². The van der Waals surface area contributed by atoms with Gasteiger partial charge in [-0.05, 0) is 32.1 Å². The smallest absolute Gasteiger partial charge is 0.305 e. The highest BCUT2D eigenvalue weighted by Gasteiger charge is 2.37. The van der Waals surface area contributed by atoms with Gasteiger partial charge in [-0.1, -0.05) is 11.6 Å². The summed E-state index contributed by atoms with van der Waals surface area (Å²) in [5.74, 6) is 0.0882. The first kappa shape index (κ1) is 13.8. The van der Waals surface area contributed by atoms with Crippen molar-refractivity contribution in [3.05, 3.63) is 23.5 Å². The van der Waals surface area contributed by atoms with Crippen LogP contribution >= 0.6 is 0 Å². The maximum Gasteiger partial charge on any atom is 0.305 e. The Morgan fingerprint density at radius 1 is 1.42 bits per heavy atom. The SMILES string of the molecule is COC(=O)CCCCC1=CC[C@H]2C(=O)C=C(O)[C@H]2C1. The molecule has 4 heteroatoms. The number of methoxy groups -OCH3 is 1. The van der Waals surface area contributed by atoms with Gasteiger partial charge in [0.2, 0.25) is 0 Å². The molecular weight excluding hydrogens is 244 g/mol. The molecule has 104 valence electrons. The Labute approximate surface area is 113 Å². The van der Waals surface area contributed by atoms with E-state index >= 15 is 0 Å². The average Bonchev–Trinajstić information content (AvgIpc) is 2.69. The number of hydrogen-bond donors (Lipinski definition) is 1. The lowest BCUT2D eigenvalue weighted by Gasteiger charge is -2.25. The van der Waals surface area contributed by atoms with Crippen molar-refractivity contribution in [1.82, 2.24) is 0 Å². The van der Waals surface area contributed by atoms with E-state index < -0.39 is 0 Å². The first-order valence-corrected chi connectivity index (χ1v) is 6.81. The lowest BCUT2D eigenvalue weighted by atomic mass is 9.79. The Bertz CT molecular complexity index is 433. The van der Waals surface area contributed by atoms with Gasteiger partial charge in [0.05, 0.1) is 12.9 Å². The molecular formula is C15H20O4. The predicted octanol–water partition coefficient (Wildman–Crippen LogP) is 2.70. The number of hydrogen-bond acceptors (Lipinski definition) is 4. The van der Waals surface area contributed by atoms with Crippen molar-refractivity contribution in [2.45, 2.75) is 38.5 Å². The molecule has 1 N–H and O–H groups in total. The second kappa shape index (κ2) is 6.04. The molecule has 0 saturated carbocycles. The number of ether oxygens (including phenoxy) is 1. The van der Waals surface area contributed by atoms with E-state index in [4.69, 9.17) is 0 Å². The van der Waals surface area contributed by atoms with E-state index in [0.717, 1.165) is 32.1 Å². The molecule has 0 spiro atoms. The molecule has 0 aliphatic heterocycles. The fourth-order valence-electron chi connectivity index (χ4n) is 2.88. The molecule has 0 saturated heterocycles. The molecule has 0 aromatic rings. The highest BCUT2D eigenvalue weighted by Crippen LogP contribution is 2.40. The molecule has 2 atom stereocenters. The highest BCUT2D eigenvalue weighted by molar-refractivity contribution is 5.95. The topological polar surface area (TPSA) is 63.6 Å². The van der Waals surface area contributed by atoms with Crippen molar-refractivity contribution in [3.8, 4) is 0 Å². The van der Waals surface area contributed by atoms with Crippen LogP contribution in [0.2, 0.25) is 0 Å². The monoisotopic (exact) mass is 264 g/mol. The molecule has 0 aromatic heterocycles. The van der Waals surface area contributed by atoms with Gasteiger partial charge in [-0.3, -0.25) is 9.59 Å². The fraction of sp³-hybridized carbons (Fsp3) is 0.600. The number of aliphatic hydroxyl groups excluding tert-OH is 1. The molecule has 0 aromatic carbocycles. The minimum atomic E-state index is -0.167. The third-order valence-corrected chi connectivity index (χ3v) is 4.02. The van der Waals surface area contributed by atoms with E-state index in [-0.39, 0.29) is 29.3 Å². The maximum absolute atomic E-state index is 11.6. The van der Waals surface area contributed by atoms with Gasteiger partial charge in [0.25, 0.3) is 0 Å². The Morgan fingerprint density at radius 3 is 2.95 bits per heavy atom. The first-order chi connectivity index (χ1) is 9.11. The summed E-state index contributed by atoms with van der Waals surface area (Å²) >= 11 is 0. The van der Waals surface area contributed by atoms with Crippen LogP contribution in [-0.2, 0) is 14.3 Å². The van der Waals surface area contributed by atoms with Crippen LogP contribution in [0, 0.1) is 11.8 Å². The van der Waals surface area contributed by atoms with Crippen molar-refractivity contribution >= 4 is 11.8 Å². The number of aliphatic hydroxyl groups is 1. The molecule has 0 fully saturated rings. The normalized spacial score (nSPS) is 25.6. The number of carbonyl (C=O) groups excluding carboxylic acids is 2. The van der Waals surface area contributed by atoms with Gasteiger partial charge in [0.1, 0.15) is 0 Å². The van der Waals surface area contributed by atoms with Gasteiger partial charge < -0.3 is 9.84 Å². The molecule has 4 nitrogen and oxygen atoms in total. The molecule has 0 amide bonds. The summed E-state index contributed by atoms with van der Waals surface area (Å²) in [7, 11) is 1.40. The summed E-state index contributed by atoms with van der Waals surface area (Å²) in [5, 5.41) is 9.74. The molecule has 2 rings (SSSR count). The Balaban J connectivity index is 1.77. The quantitative estimate of drug-likeness (QED) is 0.471. The van der Waals surface area contributed by atoms with Crippen molar-refractivity contribution in [2.24, 2.45) is 11.8 Å². The zero-order valence-corrected chi connectivity index (χ0v) is 11.2. The summed E-state index contributed by atoms with van der Waals surface area (Å²) in [6, 6.07) is 0. The molecule has 2 aliphatic carbocycles. The molecule has 0 heterocycles. The zero-order valence-electron chi connectivity index (χ0n) is 11.2. The van der Waals surface area contributed by atoms with Gasteiger partial charge in [-0.25, -0.2) is 0 Å². The van der Waals surface area contributed by atoms with Gasteiger partial charge >= 0.3 is 5.97 Å². The fourth-order valence-corrected chi connectivity index (χ4v) is 2.88. The Hall–Kier alpha value is -1.58. The van der Waals surface area contributed by atoms with Crippen molar-refractivity contribution in [3.63, 3.8) is 0 Å². The lowest BCUT2D eigenvalue weighted by Crippen LogP contribution is -2.21. The first-order valence-electron chi connectivity index (χ1n) is 6.81. The van der Waals surface area contributed by atoms with E-state index in [1.165, 1.54) is 18.8 Å². The van der Waals surface area contributed by atoms with Crippen LogP contribution in [0.1, 0.15) is 38.5 Å². The van der Waals surface area contributed by atoms with Gasteiger partial charge in [0, 0.05) is 24.3 Å². The second-order valence-electron chi connectivity index (χ2n) is 5.27. The van der Waals surface area contributed by atoms with E-state index in [9.17, 15) is 14.7 Å². The molecule has 19 heavy (non-hydrogen) atoms. The molecule has 0 radical (unpaired) electrons. The standard InChI is InChI=1S/C15H20O4/c1-19-15(18)5-3-2-4-10-6-7-11-12(8-10)14(17)9-13(11)16/h6,9,11-12,17H,2-5,7-8H2,1H3/t11-,12+/m1/s1. The third-order valence-electron chi connectivity index (χ3n) is 4.02. The van der Waals surface area contributed by atoms with Crippen molar-refractivity contribution < 1.29 is 19.4 Å². The molecule has 2 aliphatic rings. The largest absolute Gasteiger partial charge is 0.512 e. The molecule has 0 bridgehead atoms. The van der Waals surface area contributed by atoms with Crippen LogP contribution in [-0.4, -0.2) is 24.0 Å². The number of carbonyl (C=O) groups is 2. The van der Waals surface area contributed by atoms with Crippen LogP contribution in [0.25, 0.3) is 0 Å². The van der Waals surface area contributed by atoms with Gasteiger partial charge in [0.15, 0.2) is 5.78 Å². The number of allylic oxidation sites excluding steroid dienone is 4. The number of esters is 1. The zero-order chi connectivity index (χ0) is 13.8. The van der Waals surface area contributed by atoms with Crippen molar-refractivity contribution in [1.29, 1.82) is 0 Å². The van der Waals surface area contributed by atoms with Crippen LogP contribution in [0.5, 0.6) is 0 Å². The third kappa shape index (κ3) is 3.25. The maximum atomic E-state index is 11.6. The summed E-state index contributed by atoms with van der Waals surface area (Å²) in [5.41, 5.74) is 1.29. The highest BCUT2D eigenvalue weighted by atomic mass is 16.5. The van der Waals surface area contributed by atoms with Gasteiger partial charge in [-0.2, -0.15) is 0 Å². The van der Waals surface area contributed by atoms with Crippen LogP contribution in [0.15, 0.2) is 23.5 Å². The summed E-state index contributed by atoms with van der Waals surface area (Å²) in [4.78, 5) is 22.6. The Kier molecular flexibility index (Phi) is 4.40. The Morgan fingerprint density at radius 2 is 2.21 bits per heavy atom. The van der Waals surface area contributed by atoms with Crippen molar-refractivity contribution in [2.75, 3.05) is 7.11 Å². The number of unbranched alkanes of at least 4 members (excludes halogenated alkanes) is 1. The van der Waals surface area contributed by atoms with E-state index in [2.05, 4.69) is 10.8 Å². The van der Waals surface area contributed by atoms with E-state index in [0.29, 0.717) is 6.42 Å². The average molecular weight is 264 g/mol. The van der Waals surface area contributed by atoms with Crippen LogP contribution in [0.3, 0.4) is 0 Å². The number of rotatable bonds is 5. The van der Waals surface area contributed by atoms with Crippen LogP contribution < -0.4 is 0 Å². The summed E-state index contributed by atoms with van der Waals surface area (Å²) in [6.45, 7) is 0. The summed E-state index contributed by atoms with van der Waals surface area (Å²) < 4.78 is 4.59. The second-order valence-corrected chi connectivity index (χ2v) is 5.27. The number of ketones is 1. The predicted molar refractivity (Wildman–Crippen MR) is 70.5 cm³/mol. The lowest BCUT2D eigenvalue weighted by molar-refractivity contribution is -0.140. The van der Waals surface area contributed by atoms with E-state index in [1.54, 1.807) is 0 Å². The van der Waals surface area contributed by atoms with E-state index in [1.807, 2.05) is 0 Å². The minimum Gasteiger partial charge on any atom is -0.512 e. The van der Waals surface area contributed by atoms with Crippen LogP contribution in [0.4, 0.5) is 0 Å². The summed E-state index contributed by atoms with van der Waals surface area (Å²) in [6.07, 6.45) is 8.16. The minimum absolute atomic E-state index is 0.00638.